The van der Waals surface area contributed by atoms with Crippen molar-refractivity contribution in [3.63, 3.8) is 0 Å². The molecule has 1 saturated heterocycles. The lowest BCUT2D eigenvalue weighted by Gasteiger charge is -2.33. The van der Waals surface area contributed by atoms with Crippen molar-refractivity contribution in [1.82, 2.24) is 9.30 Å². The summed E-state index contributed by atoms with van der Waals surface area (Å²) in [4.78, 5) is 28.9. The van der Waals surface area contributed by atoms with E-state index in [2.05, 4.69) is 0 Å². The molecule has 0 N–H and O–H groups in total. The third-order valence-corrected chi connectivity index (χ3v) is 7.21. The maximum atomic E-state index is 13.9. The number of fused-ring (bicyclic) bond motifs is 1. The maximum Gasteiger partial charge on any atom is 0.424 e. The van der Waals surface area contributed by atoms with Crippen LogP contribution in [0.2, 0.25) is 5.15 Å². The Balaban J connectivity index is 1.53. The van der Waals surface area contributed by atoms with Crippen LogP contribution in [0.15, 0.2) is 29.8 Å². The minimum absolute atomic E-state index is 0.0671. The van der Waals surface area contributed by atoms with Gasteiger partial charge in [-0.3, -0.25) is 9.59 Å². The average molecular weight is 484 g/mol. The van der Waals surface area contributed by atoms with Gasteiger partial charge in [0, 0.05) is 13.1 Å². The second kappa shape index (κ2) is 7.48. The molecule has 2 aliphatic rings. The van der Waals surface area contributed by atoms with Gasteiger partial charge in [-0.25, -0.2) is 4.57 Å². The molecular formula is C21H19ClF3N4O2S+. The summed E-state index contributed by atoms with van der Waals surface area (Å²) in [6, 6.07) is 4.82. The van der Waals surface area contributed by atoms with Crippen LogP contribution in [-0.4, -0.2) is 40.7 Å². The van der Waals surface area contributed by atoms with Gasteiger partial charge in [0.1, 0.15) is 18.3 Å². The molecule has 2 fully saturated rings. The van der Waals surface area contributed by atoms with Gasteiger partial charge in [-0.2, -0.15) is 17.6 Å². The van der Waals surface area contributed by atoms with E-state index in [4.69, 9.17) is 11.6 Å². The molecule has 1 saturated carbocycles. The highest BCUT2D eigenvalue weighted by atomic mass is 35.5. The quantitative estimate of drug-likeness (QED) is 0.531. The number of carbonyl (C=O) groups excluding carboxylic acids is 2. The van der Waals surface area contributed by atoms with Gasteiger partial charge in [-0.05, 0) is 59.5 Å². The molecule has 1 aliphatic carbocycles. The first kappa shape index (κ1) is 21.3. The first-order chi connectivity index (χ1) is 15.2. The number of aromatic nitrogens is 2. The van der Waals surface area contributed by atoms with E-state index in [1.54, 1.807) is 11.1 Å². The zero-order chi connectivity index (χ0) is 22.8. The highest BCUT2D eigenvalue weighted by Gasteiger charge is 2.43. The van der Waals surface area contributed by atoms with Gasteiger partial charge in [0.15, 0.2) is 0 Å². The Morgan fingerprint density at radius 2 is 2.03 bits per heavy atom. The van der Waals surface area contributed by atoms with Crippen molar-refractivity contribution in [3.8, 4) is 0 Å². The fraction of sp³-hybridized carbons (Fsp3) is 0.381. The molecule has 0 unspecified atom stereocenters. The number of pyridine rings is 1. The van der Waals surface area contributed by atoms with Gasteiger partial charge in [0.05, 0.1) is 12.0 Å². The highest BCUT2D eigenvalue weighted by Crippen LogP contribution is 2.43. The number of rotatable bonds is 3. The number of aryl methyl sites for hydroxylation is 1. The van der Waals surface area contributed by atoms with E-state index in [1.807, 2.05) is 17.5 Å². The van der Waals surface area contributed by atoms with Crippen molar-refractivity contribution >= 4 is 45.4 Å². The van der Waals surface area contributed by atoms with E-state index in [9.17, 15) is 22.8 Å². The van der Waals surface area contributed by atoms with E-state index in [-0.39, 0.29) is 41.4 Å². The second-order valence-electron chi connectivity index (χ2n) is 8.07. The van der Waals surface area contributed by atoms with Crippen molar-refractivity contribution in [2.24, 2.45) is 7.05 Å². The molecule has 1 aliphatic heterocycles. The average Bonchev–Trinajstić information content (AvgIpc) is 3.39. The first-order valence-electron chi connectivity index (χ1n) is 10.1. The molecule has 0 aromatic carbocycles. The van der Waals surface area contributed by atoms with E-state index < -0.39 is 17.6 Å². The molecular weight excluding hydrogens is 465 g/mol. The number of alkyl halides is 3. The van der Waals surface area contributed by atoms with Crippen LogP contribution in [-0.2, 0) is 18.0 Å². The SMILES string of the molecule is C[n+]1c(C(=O)N2CCN(c3cccs3)C(=O)C2)c(Cl)n2cc(C3CC3)cc(C(F)(F)F)c21. The van der Waals surface area contributed by atoms with Gasteiger partial charge in [-0.1, -0.05) is 0 Å². The Morgan fingerprint density at radius 1 is 1.28 bits per heavy atom. The molecule has 2 amide bonds. The third kappa shape index (κ3) is 3.45. The van der Waals surface area contributed by atoms with Crippen LogP contribution in [0.4, 0.5) is 18.2 Å². The summed E-state index contributed by atoms with van der Waals surface area (Å²) in [5, 5.41) is 2.57. The number of hydrogen-bond donors (Lipinski definition) is 0. The minimum Gasteiger partial charge on any atom is -0.324 e. The summed E-state index contributed by atoms with van der Waals surface area (Å²) >= 11 is 7.90. The van der Waals surface area contributed by atoms with E-state index in [0.29, 0.717) is 12.1 Å². The Bertz CT molecular complexity index is 1230. The molecule has 0 radical (unpaired) electrons. The number of imidazole rings is 1. The highest BCUT2D eigenvalue weighted by molar-refractivity contribution is 7.14. The summed E-state index contributed by atoms with van der Waals surface area (Å²) in [6.07, 6.45) is -1.36. The number of piperazine rings is 1. The fourth-order valence-corrected chi connectivity index (χ4v) is 5.30. The smallest absolute Gasteiger partial charge is 0.324 e. The molecule has 11 heteroatoms. The fourth-order valence-electron chi connectivity index (χ4n) is 4.19. The molecule has 5 rings (SSSR count). The summed E-state index contributed by atoms with van der Waals surface area (Å²) < 4.78 is 44.0. The molecule has 168 valence electrons. The van der Waals surface area contributed by atoms with Crippen LogP contribution in [0.3, 0.4) is 0 Å². The number of nitrogens with zero attached hydrogens (tertiary/aromatic N) is 4. The number of thiophene rings is 1. The summed E-state index contributed by atoms with van der Waals surface area (Å²) in [6.45, 7) is 0.391. The zero-order valence-corrected chi connectivity index (χ0v) is 18.6. The number of anilines is 1. The van der Waals surface area contributed by atoms with Gasteiger partial charge in [0.2, 0.25) is 5.91 Å². The molecule has 4 heterocycles. The predicted octanol–water partition coefficient (Wildman–Crippen LogP) is 3.86. The molecule has 3 aromatic heterocycles. The van der Waals surface area contributed by atoms with Crippen molar-refractivity contribution in [2.45, 2.75) is 24.9 Å². The minimum atomic E-state index is -4.60. The number of carbonyl (C=O) groups is 2. The Labute approximate surface area is 190 Å². The largest absolute Gasteiger partial charge is 0.424 e. The van der Waals surface area contributed by atoms with E-state index in [0.717, 1.165) is 23.9 Å². The van der Waals surface area contributed by atoms with Crippen molar-refractivity contribution in [2.75, 3.05) is 24.5 Å². The van der Waals surface area contributed by atoms with Gasteiger partial charge in [-0.15, -0.1) is 11.3 Å². The zero-order valence-electron chi connectivity index (χ0n) is 17.0. The number of amides is 2. The van der Waals surface area contributed by atoms with E-state index in [1.165, 1.54) is 32.3 Å². The Hall–Kier alpha value is -2.59. The molecule has 32 heavy (non-hydrogen) atoms. The van der Waals surface area contributed by atoms with Gasteiger partial charge in [0.25, 0.3) is 22.4 Å². The summed E-state index contributed by atoms with van der Waals surface area (Å²) in [5.74, 6) is -0.741. The lowest BCUT2D eigenvalue weighted by molar-refractivity contribution is -0.647. The topological polar surface area (TPSA) is 48.9 Å². The Kier molecular flexibility index (Phi) is 4.97. The van der Waals surface area contributed by atoms with Crippen molar-refractivity contribution in [1.29, 1.82) is 0 Å². The standard InChI is InChI=1S/C21H19ClF3N4O2S/c1-26-17(20(31)27-6-7-28(15(30)11-27)16-3-2-8-32-16)18(22)29-10-13(12-4-5-12)9-14(19(26)29)21(23,24)25/h2-3,8-10,12H,4-7,11H2,1H3/q+1. The molecule has 0 spiro atoms. The lowest BCUT2D eigenvalue weighted by atomic mass is 10.1. The molecule has 3 aromatic rings. The summed E-state index contributed by atoms with van der Waals surface area (Å²) in [7, 11) is 1.39. The normalized spacial score (nSPS) is 17.5. The lowest BCUT2D eigenvalue weighted by Crippen LogP contribution is -2.54. The monoisotopic (exact) mass is 483 g/mol. The summed E-state index contributed by atoms with van der Waals surface area (Å²) in [5.41, 5.74) is -0.536. The van der Waals surface area contributed by atoms with Crippen molar-refractivity contribution in [3.05, 3.63) is 51.7 Å². The van der Waals surface area contributed by atoms with Crippen LogP contribution in [0.5, 0.6) is 0 Å². The van der Waals surface area contributed by atoms with Crippen LogP contribution in [0, 0.1) is 0 Å². The first-order valence-corrected chi connectivity index (χ1v) is 11.4. The maximum absolute atomic E-state index is 13.9. The van der Waals surface area contributed by atoms with E-state index >= 15 is 0 Å². The van der Waals surface area contributed by atoms with Crippen LogP contribution in [0.25, 0.3) is 5.65 Å². The molecule has 0 bridgehead atoms. The van der Waals surface area contributed by atoms with Gasteiger partial charge >= 0.3 is 6.18 Å². The molecule has 0 atom stereocenters. The second-order valence-corrected chi connectivity index (χ2v) is 9.36. The van der Waals surface area contributed by atoms with Gasteiger partial charge < -0.3 is 9.80 Å². The third-order valence-electron chi connectivity index (χ3n) is 5.96. The number of hydrogen-bond acceptors (Lipinski definition) is 3. The van der Waals surface area contributed by atoms with Crippen LogP contribution < -0.4 is 9.47 Å². The van der Waals surface area contributed by atoms with Crippen LogP contribution in [0.1, 0.15) is 40.4 Å². The van der Waals surface area contributed by atoms with Crippen LogP contribution >= 0.6 is 22.9 Å². The Morgan fingerprint density at radius 3 is 2.62 bits per heavy atom. The molecule has 6 nitrogen and oxygen atoms in total. The number of halogens is 4. The van der Waals surface area contributed by atoms with Crippen molar-refractivity contribution < 1.29 is 27.3 Å². The predicted molar refractivity (Wildman–Crippen MR) is 113 cm³/mol.